The highest BCUT2D eigenvalue weighted by atomic mass is 19.1. The molecule has 1 amide bonds. The van der Waals surface area contributed by atoms with Gasteiger partial charge in [0, 0.05) is 32.2 Å². The fraction of sp³-hybridized carbons (Fsp3) is 0.333. The highest BCUT2D eigenvalue weighted by molar-refractivity contribution is 5.93. The first-order chi connectivity index (χ1) is 13.7. The summed E-state index contributed by atoms with van der Waals surface area (Å²) in [6, 6.07) is 12.0. The van der Waals surface area contributed by atoms with Gasteiger partial charge in [-0.05, 0) is 43.1 Å². The molecule has 3 aromatic rings. The number of aryl methyl sites for hydroxylation is 1. The summed E-state index contributed by atoms with van der Waals surface area (Å²) in [7, 11) is 0. The lowest BCUT2D eigenvalue weighted by molar-refractivity contribution is 0.0626. The molecule has 1 aliphatic heterocycles. The summed E-state index contributed by atoms with van der Waals surface area (Å²) < 4.78 is 24.1. The van der Waals surface area contributed by atoms with E-state index in [2.05, 4.69) is 10.1 Å². The van der Waals surface area contributed by atoms with Gasteiger partial charge >= 0.3 is 0 Å². The Balaban J connectivity index is 1.25. The van der Waals surface area contributed by atoms with Gasteiger partial charge in [-0.15, -0.1) is 0 Å². The third kappa shape index (κ3) is 4.14. The maximum atomic E-state index is 13.7. The van der Waals surface area contributed by atoms with E-state index in [1.54, 1.807) is 35.4 Å². The number of carbonyl (C=O) groups excluding carboxylic acids is 1. The molecule has 146 valence electrons. The van der Waals surface area contributed by atoms with Crippen LogP contribution in [0.25, 0.3) is 11.5 Å². The fourth-order valence-electron chi connectivity index (χ4n) is 3.44. The van der Waals surface area contributed by atoms with E-state index in [0.717, 1.165) is 38.0 Å². The van der Waals surface area contributed by atoms with Crippen LogP contribution in [-0.2, 0) is 6.42 Å². The Morgan fingerprint density at radius 2 is 1.89 bits per heavy atom. The van der Waals surface area contributed by atoms with E-state index in [-0.39, 0.29) is 11.7 Å². The van der Waals surface area contributed by atoms with Crippen molar-refractivity contribution in [1.82, 2.24) is 15.0 Å². The minimum Gasteiger partial charge on any atom is -0.461 e. The number of hydrogen-bond donors (Lipinski definition) is 0. The van der Waals surface area contributed by atoms with E-state index in [1.165, 1.54) is 6.07 Å². The Morgan fingerprint density at radius 1 is 1.07 bits per heavy atom. The quantitative estimate of drug-likeness (QED) is 0.652. The number of rotatable bonds is 6. The number of carbonyl (C=O) groups is 1. The number of aromatic nitrogens is 1. The predicted octanol–water partition coefficient (Wildman–Crippen LogP) is 3.46. The Hall–Kier alpha value is -2.93. The largest absolute Gasteiger partial charge is 0.461 e. The van der Waals surface area contributed by atoms with Crippen LogP contribution >= 0.6 is 0 Å². The number of hydrogen-bond acceptors (Lipinski definition) is 5. The highest BCUT2D eigenvalue weighted by Crippen LogP contribution is 2.21. The molecule has 1 saturated heterocycles. The topological polar surface area (TPSA) is 62.7 Å². The second kappa shape index (κ2) is 8.39. The number of piperazine rings is 1. The SMILES string of the molecule is O=C(c1cc(-c2ccco2)on1)N1CCN(CCCc2ccccc2F)CC1. The Kier molecular flexibility index (Phi) is 5.53. The molecule has 1 fully saturated rings. The summed E-state index contributed by atoms with van der Waals surface area (Å²) >= 11 is 0. The normalized spacial score (nSPS) is 15.1. The van der Waals surface area contributed by atoms with Crippen LogP contribution in [0.1, 0.15) is 22.5 Å². The summed E-state index contributed by atoms with van der Waals surface area (Å²) in [5.74, 6) is 0.721. The van der Waals surface area contributed by atoms with Crippen LogP contribution in [0.3, 0.4) is 0 Å². The molecule has 0 aliphatic carbocycles. The molecule has 28 heavy (non-hydrogen) atoms. The molecule has 6 nitrogen and oxygen atoms in total. The lowest BCUT2D eigenvalue weighted by atomic mass is 10.1. The van der Waals surface area contributed by atoms with E-state index in [9.17, 15) is 9.18 Å². The molecule has 1 aliphatic rings. The van der Waals surface area contributed by atoms with Crippen molar-refractivity contribution in [2.75, 3.05) is 32.7 Å². The Morgan fingerprint density at radius 3 is 2.64 bits per heavy atom. The first-order valence-corrected chi connectivity index (χ1v) is 9.46. The molecule has 0 spiro atoms. The van der Waals surface area contributed by atoms with Crippen molar-refractivity contribution in [3.05, 3.63) is 65.8 Å². The van der Waals surface area contributed by atoms with Crippen molar-refractivity contribution in [3.8, 4) is 11.5 Å². The maximum absolute atomic E-state index is 13.7. The van der Waals surface area contributed by atoms with Crippen molar-refractivity contribution >= 4 is 5.91 Å². The molecule has 1 aromatic carbocycles. The summed E-state index contributed by atoms with van der Waals surface area (Å²) in [5.41, 5.74) is 1.05. The third-order valence-electron chi connectivity index (χ3n) is 5.03. The average Bonchev–Trinajstić information content (AvgIpc) is 3.41. The Labute approximate surface area is 162 Å². The van der Waals surface area contributed by atoms with Crippen LogP contribution in [0.4, 0.5) is 4.39 Å². The van der Waals surface area contributed by atoms with Gasteiger partial charge < -0.3 is 13.8 Å². The van der Waals surface area contributed by atoms with Gasteiger partial charge in [-0.3, -0.25) is 9.69 Å². The zero-order valence-corrected chi connectivity index (χ0v) is 15.5. The van der Waals surface area contributed by atoms with Gasteiger partial charge in [-0.25, -0.2) is 4.39 Å². The van der Waals surface area contributed by atoms with Crippen LogP contribution in [0, 0.1) is 5.82 Å². The zero-order chi connectivity index (χ0) is 19.3. The number of nitrogens with zero attached hydrogens (tertiary/aromatic N) is 3. The van der Waals surface area contributed by atoms with Crippen molar-refractivity contribution < 1.29 is 18.1 Å². The van der Waals surface area contributed by atoms with E-state index in [0.29, 0.717) is 30.3 Å². The lowest BCUT2D eigenvalue weighted by Crippen LogP contribution is -2.49. The van der Waals surface area contributed by atoms with Crippen molar-refractivity contribution in [2.45, 2.75) is 12.8 Å². The molecule has 7 heteroatoms. The molecule has 0 saturated carbocycles. The van der Waals surface area contributed by atoms with E-state index in [4.69, 9.17) is 8.94 Å². The van der Waals surface area contributed by atoms with Gasteiger partial charge in [0.1, 0.15) is 5.82 Å². The maximum Gasteiger partial charge on any atom is 0.276 e. The molecular weight excluding hydrogens is 361 g/mol. The molecule has 0 bridgehead atoms. The molecule has 2 aromatic heterocycles. The van der Waals surface area contributed by atoms with Crippen LogP contribution in [0.5, 0.6) is 0 Å². The number of benzene rings is 1. The van der Waals surface area contributed by atoms with Crippen LogP contribution in [-0.4, -0.2) is 53.6 Å². The lowest BCUT2D eigenvalue weighted by Gasteiger charge is -2.34. The molecular formula is C21H22FN3O3. The van der Waals surface area contributed by atoms with Crippen molar-refractivity contribution in [2.24, 2.45) is 0 Å². The number of amides is 1. The third-order valence-corrected chi connectivity index (χ3v) is 5.03. The highest BCUT2D eigenvalue weighted by Gasteiger charge is 2.25. The van der Waals surface area contributed by atoms with Gasteiger partial charge in [0.05, 0.1) is 6.26 Å². The predicted molar refractivity (Wildman–Crippen MR) is 101 cm³/mol. The second-order valence-electron chi connectivity index (χ2n) is 6.88. The monoisotopic (exact) mass is 383 g/mol. The molecule has 0 N–H and O–H groups in total. The summed E-state index contributed by atoms with van der Waals surface area (Å²) in [5, 5.41) is 3.88. The Bertz CT molecular complexity index is 915. The number of furan rings is 1. The molecule has 0 unspecified atom stereocenters. The van der Waals surface area contributed by atoms with Gasteiger partial charge in [0.25, 0.3) is 5.91 Å². The minimum atomic E-state index is -0.139. The average molecular weight is 383 g/mol. The van der Waals surface area contributed by atoms with Crippen molar-refractivity contribution in [3.63, 3.8) is 0 Å². The van der Waals surface area contributed by atoms with Gasteiger partial charge in [-0.2, -0.15) is 0 Å². The van der Waals surface area contributed by atoms with Gasteiger partial charge in [0.2, 0.25) is 5.76 Å². The molecule has 3 heterocycles. The minimum absolute atomic E-state index is 0.132. The smallest absolute Gasteiger partial charge is 0.276 e. The van der Waals surface area contributed by atoms with Crippen molar-refractivity contribution in [1.29, 1.82) is 0 Å². The van der Waals surface area contributed by atoms with E-state index < -0.39 is 0 Å². The van der Waals surface area contributed by atoms with Crippen LogP contribution < -0.4 is 0 Å². The molecule has 0 atom stereocenters. The van der Waals surface area contributed by atoms with Crippen LogP contribution in [0.2, 0.25) is 0 Å². The standard InChI is InChI=1S/C21H22FN3O3/c22-17-7-2-1-5-16(17)6-3-9-24-10-12-25(13-11-24)21(26)18-15-20(28-23-18)19-8-4-14-27-19/h1-2,4-5,7-8,14-15H,3,6,9-13H2. The second-order valence-corrected chi connectivity index (χ2v) is 6.88. The van der Waals surface area contributed by atoms with Gasteiger partial charge in [0.15, 0.2) is 11.5 Å². The van der Waals surface area contributed by atoms with Crippen LogP contribution in [0.15, 0.2) is 57.7 Å². The summed E-state index contributed by atoms with van der Waals surface area (Å²) in [6.07, 6.45) is 3.16. The molecule has 4 rings (SSSR count). The molecule has 0 radical (unpaired) electrons. The van der Waals surface area contributed by atoms with E-state index in [1.807, 2.05) is 12.1 Å². The summed E-state index contributed by atoms with van der Waals surface area (Å²) in [4.78, 5) is 16.7. The first-order valence-electron chi connectivity index (χ1n) is 9.46. The fourth-order valence-corrected chi connectivity index (χ4v) is 3.44. The van der Waals surface area contributed by atoms with Gasteiger partial charge in [-0.1, -0.05) is 23.4 Å². The van der Waals surface area contributed by atoms with E-state index >= 15 is 0 Å². The summed E-state index contributed by atoms with van der Waals surface area (Å²) in [6.45, 7) is 3.77. The number of halogens is 1. The first kappa shape index (κ1) is 18.4. The zero-order valence-electron chi connectivity index (χ0n) is 15.5.